The number of rotatable bonds is 40. The SMILES string of the molecule is CCCCC[C@@H](C(=O)NCNC(=O)c1ccc(-c2cc(OCC)cc(O[PH](=O)Oc3cc(OCC)cc(-c4ccc(C(=O)NCNC(=O)[C@H](CCCCC)[C@@H](CC)N(C=O)OC(=O)NC(C)(C)c5ccccc5)o4)c3)c2)o1)[C@@H](CC)N(C=O)OC(=O)NC(C)(C)c1ccccc1. The summed E-state index contributed by atoms with van der Waals surface area (Å²) in [6, 6.07) is 32.1. The Kier molecular flexibility index (Phi) is 29.3. The molecule has 8 amide bonds. The Morgan fingerprint density at radius 1 is 0.500 bits per heavy atom. The second-order valence-corrected chi connectivity index (χ2v) is 24.5. The van der Waals surface area contributed by atoms with Gasteiger partial charge < -0.3 is 68.9 Å². The van der Waals surface area contributed by atoms with Gasteiger partial charge in [0.05, 0.1) is 61.5 Å². The number of benzene rings is 4. The zero-order valence-corrected chi connectivity index (χ0v) is 57.2. The first-order valence-corrected chi connectivity index (χ1v) is 33.7. The first-order valence-electron chi connectivity index (χ1n) is 32.5. The standard InChI is InChI=1S/C70H91N8O17P/c1-11-17-21-31-55(57(13-3)77(45-79)92-67(85)75-69(7,8)49-27-23-19-24-28-49)63(81)71-43-73-65(83)61-35-33-59(90-61)47-37-51(88-15-5)41-53(39-47)94-96(87)95-54-40-48(38-52(42-54)89-16-6)60-34-36-62(91-60)66(84)74-44-72-64(82)56(32-22-18-12-2)58(14-4)78(46-80)93-68(86)76-70(9,10)50-29-25-20-26-30-50/h19-20,23-30,33-42,45-46,55-58,96H,11-18,21-22,31-32,43-44H2,1-10H3,(H,71,81)(H,72,82)(H,73,83)(H,74,84)(H,75,85)(H,76,86)/t55-,56-,57-,58-/m1/s1. The van der Waals surface area contributed by atoms with Crippen LogP contribution in [0.5, 0.6) is 23.0 Å². The highest BCUT2D eigenvalue weighted by Gasteiger charge is 2.37. The van der Waals surface area contributed by atoms with Crippen molar-refractivity contribution in [3.8, 4) is 45.6 Å². The molecule has 6 N–H and O–H groups in total. The number of unbranched alkanes of at least 4 members (excludes halogenated alkanes) is 4. The smallest absolute Gasteiger partial charge is 0.432 e. The van der Waals surface area contributed by atoms with Crippen molar-refractivity contribution >= 4 is 56.9 Å². The molecule has 0 aliphatic rings. The van der Waals surface area contributed by atoms with Crippen LogP contribution in [0.25, 0.3) is 22.6 Å². The number of furan rings is 2. The summed E-state index contributed by atoms with van der Waals surface area (Å²) in [5, 5.41) is 18.1. The number of amides is 8. The van der Waals surface area contributed by atoms with E-state index in [1.54, 1.807) is 79.7 Å². The molecule has 6 rings (SSSR count). The zero-order valence-electron chi connectivity index (χ0n) is 56.2. The highest BCUT2D eigenvalue weighted by Crippen LogP contribution is 2.40. The predicted molar refractivity (Wildman–Crippen MR) is 359 cm³/mol. The number of hydrogen-bond donors (Lipinski definition) is 6. The van der Waals surface area contributed by atoms with E-state index in [0.717, 1.165) is 46.9 Å². The Hall–Kier alpha value is -9.77. The van der Waals surface area contributed by atoms with Gasteiger partial charge in [-0.1, -0.05) is 127 Å². The molecule has 0 spiro atoms. The van der Waals surface area contributed by atoms with Crippen molar-refractivity contribution in [2.45, 2.75) is 157 Å². The van der Waals surface area contributed by atoms with E-state index in [4.69, 9.17) is 37.0 Å². The molecule has 4 aromatic carbocycles. The minimum absolute atomic E-state index is 0.0654. The number of ether oxygens (including phenoxy) is 2. The molecule has 25 nitrogen and oxygen atoms in total. The van der Waals surface area contributed by atoms with Crippen LogP contribution in [0.3, 0.4) is 0 Å². The van der Waals surface area contributed by atoms with E-state index in [0.29, 0.717) is 61.1 Å². The third-order valence-electron chi connectivity index (χ3n) is 15.8. The van der Waals surface area contributed by atoms with Crippen molar-refractivity contribution in [2.75, 3.05) is 26.6 Å². The molecule has 0 saturated carbocycles. The van der Waals surface area contributed by atoms with Crippen LogP contribution in [0.2, 0.25) is 0 Å². The number of carbonyl (C=O) groups is 8. The second-order valence-electron chi connectivity index (χ2n) is 23.6. The lowest BCUT2D eigenvalue weighted by Crippen LogP contribution is -2.51. The largest absolute Gasteiger partial charge is 0.494 e. The fourth-order valence-electron chi connectivity index (χ4n) is 10.8. The van der Waals surface area contributed by atoms with Crippen molar-refractivity contribution < 1.29 is 80.0 Å². The second kappa shape index (κ2) is 37.4. The van der Waals surface area contributed by atoms with Crippen molar-refractivity contribution in [2.24, 2.45) is 11.8 Å². The lowest BCUT2D eigenvalue weighted by Gasteiger charge is -2.33. The molecule has 26 heteroatoms. The molecular weight excluding hydrogens is 1260 g/mol. The minimum Gasteiger partial charge on any atom is -0.494 e. The molecule has 0 aliphatic carbocycles. The van der Waals surface area contributed by atoms with Crippen molar-refractivity contribution in [3.63, 3.8) is 0 Å². The summed E-state index contributed by atoms with van der Waals surface area (Å²) >= 11 is 0. The third-order valence-corrected chi connectivity index (χ3v) is 16.6. The Morgan fingerprint density at radius 3 is 1.22 bits per heavy atom. The highest BCUT2D eigenvalue weighted by molar-refractivity contribution is 7.34. The lowest BCUT2D eigenvalue weighted by molar-refractivity contribution is -0.170. The third kappa shape index (κ3) is 22.2. The van der Waals surface area contributed by atoms with Gasteiger partial charge in [-0.05, 0) is 127 Å². The molecule has 2 heterocycles. The van der Waals surface area contributed by atoms with Gasteiger partial charge in [-0.15, -0.1) is 0 Å². The molecule has 0 saturated heterocycles. The molecule has 0 unspecified atom stereocenters. The molecule has 518 valence electrons. The van der Waals surface area contributed by atoms with Gasteiger partial charge in [-0.25, -0.2) is 14.2 Å². The van der Waals surface area contributed by atoms with E-state index < -0.39 is 79.1 Å². The zero-order chi connectivity index (χ0) is 69.8. The molecule has 0 bridgehead atoms. The summed E-state index contributed by atoms with van der Waals surface area (Å²) in [7, 11) is -3.41. The highest BCUT2D eigenvalue weighted by atomic mass is 31.1. The average Bonchev–Trinajstić information content (AvgIpc) is 1.59. The average molecular weight is 1350 g/mol. The summed E-state index contributed by atoms with van der Waals surface area (Å²) in [5.74, 6) is -2.94. The normalized spacial score (nSPS) is 12.5. The van der Waals surface area contributed by atoms with Crippen molar-refractivity contribution in [3.05, 3.63) is 144 Å². The number of carbonyl (C=O) groups excluding carboxylic acids is 8. The van der Waals surface area contributed by atoms with Gasteiger partial charge in [0.1, 0.15) is 34.5 Å². The van der Waals surface area contributed by atoms with Crippen LogP contribution in [0.15, 0.2) is 130 Å². The van der Waals surface area contributed by atoms with E-state index in [1.807, 2.05) is 74.5 Å². The lowest BCUT2D eigenvalue weighted by atomic mass is 9.90. The van der Waals surface area contributed by atoms with E-state index in [1.165, 1.54) is 36.4 Å². The summed E-state index contributed by atoms with van der Waals surface area (Å²) in [6.07, 6.45) is 4.93. The van der Waals surface area contributed by atoms with Crippen LogP contribution < -0.4 is 50.4 Å². The maximum absolute atomic E-state index is 13.9. The minimum atomic E-state index is -3.41. The van der Waals surface area contributed by atoms with E-state index in [-0.39, 0.29) is 73.9 Å². The van der Waals surface area contributed by atoms with Crippen molar-refractivity contribution in [1.82, 2.24) is 42.0 Å². The maximum Gasteiger partial charge on any atom is 0.432 e. The number of nitrogens with one attached hydrogen (secondary N) is 6. The van der Waals surface area contributed by atoms with Gasteiger partial charge in [-0.3, -0.25) is 28.8 Å². The monoisotopic (exact) mass is 1350 g/mol. The number of nitrogens with zero attached hydrogens (tertiary/aromatic N) is 2. The summed E-state index contributed by atoms with van der Waals surface area (Å²) < 4.78 is 49.0. The summed E-state index contributed by atoms with van der Waals surface area (Å²) in [5.41, 5.74) is 0.698. The fraction of sp³-hybridized carbons (Fsp3) is 0.429. The fourth-order valence-corrected chi connectivity index (χ4v) is 11.5. The van der Waals surface area contributed by atoms with Crippen molar-refractivity contribution in [1.29, 1.82) is 0 Å². The van der Waals surface area contributed by atoms with Gasteiger partial charge in [-0.2, -0.15) is 10.1 Å². The van der Waals surface area contributed by atoms with Gasteiger partial charge in [0.25, 0.3) is 11.8 Å². The van der Waals surface area contributed by atoms with Crippen LogP contribution in [-0.4, -0.2) is 97.4 Å². The molecule has 0 radical (unpaired) electrons. The molecule has 96 heavy (non-hydrogen) atoms. The van der Waals surface area contributed by atoms with Crippen LogP contribution in [0.1, 0.15) is 166 Å². The van der Waals surface area contributed by atoms with Gasteiger partial charge in [0.15, 0.2) is 11.5 Å². The molecule has 4 atom stereocenters. The van der Waals surface area contributed by atoms with E-state index >= 15 is 0 Å². The van der Waals surface area contributed by atoms with Crippen LogP contribution in [0.4, 0.5) is 9.59 Å². The Morgan fingerprint density at radius 2 is 0.875 bits per heavy atom. The topological polar surface area (TPSA) is 314 Å². The van der Waals surface area contributed by atoms with E-state index in [9.17, 15) is 42.9 Å². The maximum atomic E-state index is 13.9. The molecule has 6 aromatic rings. The molecule has 2 aromatic heterocycles. The molecule has 0 aliphatic heterocycles. The van der Waals surface area contributed by atoms with Gasteiger partial charge >= 0.3 is 20.4 Å². The first-order chi connectivity index (χ1) is 46.1. The quantitative estimate of drug-likeness (QED) is 0.00684. The number of hydroxylamine groups is 4. The molecule has 0 fully saturated rings. The summed E-state index contributed by atoms with van der Waals surface area (Å²) in [6.45, 7) is 18.2. The van der Waals surface area contributed by atoms with Gasteiger partial charge in [0.2, 0.25) is 24.6 Å². The summed E-state index contributed by atoms with van der Waals surface area (Å²) in [4.78, 5) is 117. The first kappa shape index (κ1) is 75.3. The predicted octanol–water partition coefficient (Wildman–Crippen LogP) is 12.5. The van der Waals surface area contributed by atoms with Gasteiger partial charge in [0, 0.05) is 23.3 Å². The van der Waals surface area contributed by atoms with E-state index in [2.05, 4.69) is 31.9 Å². The molecular formula is C70H91N8O17P. The van der Waals surface area contributed by atoms with Crippen LogP contribution in [-0.2, 0) is 44.5 Å². The Bertz CT molecular complexity index is 3320. The van der Waals surface area contributed by atoms with Crippen LogP contribution >= 0.6 is 8.25 Å². The Balaban J connectivity index is 1.06. The Labute approximate surface area is 561 Å². The van der Waals surface area contributed by atoms with Crippen LogP contribution in [0, 0.1) is 11.8 Å². The number of hydrogen-bond acceptors (Lipinski definition) is 17.